The third-order valence-corrected chi connectivity index (χ3v) is 7.25. The lowest BCUT2D eigenvalue weighted by Crippen LogP contribution is -2.56. The van der Waals surface area contributed by atoms with Gasteiger partial charge in [0.05, 0.1) is 50.6 Å². The number of hydrogen-bond acceptors (Lipinski definition) is 8. The number of amides is 2. The van der Waals surface area contributed by atoms with Gasteiger partial charge in [0.25, 0.3) is 0 Å². The highest BCUT2D eigenvalue weighted by Crippen LogP contribution is 2.28. The Hall–Kier alpha value is -1.88. The number of rotatable bonds is 1. The molecule has 10 heteroatoms. The zero-order valence-electron chi connectivity index (χ0n) is 20.6. The summed E-state index contributed by atoms with van der Waals surface area (Å²) in [7, 11) is 0. The Morgan fingerprint density at radius 1 is 0.853 bits per heavy atom. The lowest BCUT2D eigenvalue weighted by Gasteiger charge is -2.33. The van der Waals surface area contributed by atoms with Gasteiger partial charge in [-0.15, -0.1) is 0 Å². The van der Waals surface area contributed by atoms with Crippen LogP contribution in [0.2, 0.25) is 0 Å². The van der Waals surface area contributed by atoms with E-state index < -0.39 is 36.3 Å². The molecule has 3 fully saturated rings. The van der Waals surface area contributed by atoms with Gasteiger partial charge in [-0.05, 0) is 46.5 Å². The van der Waals surface area contributed by atoms with Crippen molar-refractivity contribution in [2.24, 2.45) is 11.7 Å². The molecule has 34 heavy (non-hydrogen) atoms. The molecule has 0 aromatic carbocycles. The summed E-state index contributed by atoms with van der Waals surface area (Å²) in [6.45, 7) is 7.06. The van der Waals surface area contributed by atoms with E-state index in [0.29, 0.717) is 52.0 Å². The minimum atomic E-state index is -0.896. The predicted molar refractivity (Wildman–Crippen MR) is 123 cm³/mol. The first-order valence-electron chi connectivity index (χ1n) is 12.4. The van der Waals surface area contributed by atoms with Crippen LogP contribution in [0.4, 0.5) is 0 Å². The number of hydrogen-bond donors (Lipinski definition) is 1. The van der Waals surface area contributed by atoms with Crippen LogP contribution >= 0.6 is 0 Å². The Kier molecular flexibility index (Phi) is 9.58. The quantitative estimate of drug-likeness (QED) is 0.566. The van der Waals surface area contributed by atoms with Crippen LogP contribution in [-0.2, 0) is 33.4 Å². The molecule has 3 aliphatic rings. The van der Waals surface area contributed by atoms with Gasteiger partial charge in [-0.1, -0.05) is 0 Å². The van der Waals surface area contributed by atoms with Gasteiger partial charge in [0.2, 0.25) is 11.8 Å². The number of Topliss-reactive ketones (excluding diaryl/α,β-unsaturated/α-hetero) is 2. The van der Waals surface area contributed by atoms with Crippen molar-refractivity contribution in [1.82, 2.24) is 9.80 Å². The highest BCUT2D eigenvalue weighted by Gasteiger charge is 2.44. The SMILES string of the molecule is CC(=O)C1CC(=O)[C@H]2CCCN2C(=O)C2CCCN2C(=O)C(N)C(C)OCCOCCOC1C. The molecule has 5 unspecified atom stereocenters. The molecule has 3 rings (SSSR count). The number of nitrogens with two attached hydrogens (primary N) is 1. The van der Waals surface area contributed by atoms with Crippen molar-refractivity contribution in [3.8, 4) is 0 Å². The Morgan fingerprint density at radius 3 is 2.03 bits per heavy atom. The number of nitrogens with zero attached hydrogens (tertiary/aromatic N) is 2. The van der Waals surface area contributed by atoms with Crippen molar-refractivity contribution < 1.29 is 33.4 Å². The van der Waals surface area contributed by atoms with Gasteiger partial charge in [-0.25, -0.2) is 0 Å². The molecular formula is C24H39N3O7. The van der Waals surface area contributed by atoms with E-state index in [1.807, 2.05) is 0 Å². The van der Waals surface area contributed by atoms with Crippen molar-refractivity contribution in [1.29, 1.82) is 0 Å². The van der Waals surface area contributed by atoms with E-state index in [9.17, 15) is 19.2 Å². The lowest BCUT2D eigenvalue weighted by molar-refractivity contribution is -0.148. The Bertz CT molecular complexity index is 761. The van der Waals surface area contributed by atoms with Crippen LogP contribution in [0.5, 0.6) is 0 Å². The van der Waals surface area contributed by atoms with Crippen LogP contribution in [0.15, 0.2) is 0 Å². The molecule has 0 bridgehead atoms. The van der Waals surface area contributed by atoms with Gasteiger partial charge in [-0.2, -0.15) is 0 Å². The molecule has 0 saturated carbocycles. The van der Waals surface area contributed by atoms with Gasteiger partial charge in [0.15, 0.2) is 5.78 Å². The van der Waals surface area contributed by atoms with Crippen molar-refractivity contribution in [3.05, 3.63) is 0 Å². The van der Waals surface area contributed by atoms with E-state index in [2.05, 4.69) is 0 Å². The average molecular weight is 482 g/mol. The zero-order valence-corrected chi connectivity index (χ0v) is 20.6. The van der Waals surface area contributed by atoms with Gasteiger partial charge in [0, 0.05) is 19.5 Å². The maximum Gasteiger partial charge on any atom is 0.245 e. The highest BCUT2D eigenvalue weighted by molar-refractivity contribution is 5.96. The Morgan fingerprint density at radius 2 is 1.41 bits per heavy atom. The molecule has 0 aromatic heterocycles. The maximum absolute atomic E-state index is 13.5. The minimum absolute atomic E-state index is 0.0232. The van der Waals surface area contributed by atoms with Gasteiger partial charge >= 0.3 is 0 Å². The van der Waals surface area contributed by atoms with Crippen LogP contribution in [0.3, 0.4) is 0 Å². The third kappa shape index (κ3) is 6.21. The summed E-state index contributed by atoms with van der Waals surface area (Å²) in [4.78, 5) is 55.3. The molecule has 2 amide bonds. The van der Waals surface area contributed by atoms with E-state index >= 15 is 0 Å². The number of carbonyl (C=O) groups is 4. The second-order valence-corrected chi connectivity index (χ2v) is 9.56. The van der Waals surface area contributed by atoms with Gasteiger partial charge in [-0.3, -0.25) is 19.2 Å². The summed E-state index contributed by atoms with van der Waals surface area (Å²) in [5.74, 6) is -1.36. The van der Waals surface area contributed by atoms with Crippen LogP contribution in [0.25, 0.3) is 0 Å². The molecule has 2 N–H and O–H groups in total. The van der Waals surface area contributed by atoms with Crippen molar-refractivity contribution in [3.63, 3.8) is 0 Å². The van der Waals surface area contributed by atoms with Crippen molar-refractivity contribution >= 4 is 23.4 Å². The first-order valence-corrected chi connectivity index (χ1v) is 12.4. The molecule has 3 saturated heterocycles. The minimum Gasteiger partial charge on any atom is -0.377 e. The largest absolute Gasteiger partial charge is 0.377 e. The standard InChI is InChI=1S/C24H39N3O7/c1-15(28)18-14-21(29)19-6-4-8-26(19)23(30)20-7-5-9-27(20)24(31)22(25)17(3)34-13-11-32-10-12-33-16(18)2/h16-20,22H,4-14,25H2,1-3H3/t16?,17?,18?,19-,20?,22?/m1/s1. The average Bonchev–Trinajstić information content (AvgIpc) is 3.49. The second-order valence-electron chi connectivity index (χ2n) is 9.56. The number of carbonyl (C=O) groups excluding carboxylic acids is 4. The first kappa shape index (κ1) is 26.7. The highest BCUT2D eigenvalue weighted by atomic mass is 16.5. The predicted octanol–water partition coefficient (Wildman–Crippen LogP) is 0.301. The van der Waals surface area contributed by atoms with E-state index in [1.165, 1.54) is 6.92 Å². The zero-order chi connectivity index (χ0) is 24.8. The number of fused-ring (bicyclic) bond motifs is 2. The smallest absolute Gasteiger partial charge is 0.245 e. The molecule has 0 aromatic rings. The topological polar surface area (TPSA) is 128 Å². The summed E-state index contributed by atoms with van der Waals surface area (Å²) in [6.07, 6.45) is 1.54. The Balaban J connectivity index is 1.81. The van der Waals surface area contributed by atoms with Crippen LogP contribution in [-0.4, -0.2) is 103 Å². The normalized spacial score (nSPS) is 35.4. The summed E-state index contributed by atoms with van der Waals surface area (Å²) < 4.78 is 17.0. The lowest BCUT2D eigenvalue weighted by atomic mass is 9.90. The van der Waals surface area contributed by atoms with E-state index in [-0.39, 0.29) is 43.0 Å². The molecular weight excluding hydrogens is 442 g/mol. The summed E-state index contributed by atoms with van der Waals surface area (Å²) >= 11 is 0. The molecule has 0 radical (unpaired) electrons. The second kappa shape index (κ2) is 12.2. The van der Waals surface area contributed by atoms with E-state index in [0.717, 1.165) is 0 Å². The van der Waals surface area contributed by atoms with Crippen molar-refractivity contribution in [2.75, 3.05) is 39.5 Å². The molecule has 0 spiro atoms. The molecule has 3 aliphatic heterocycles. The fraction of sp³-hybridized carbons (Fsp3) is 0.833. The van der Waals surface area contributed by atoms with E-state index in [1.54, 1.807) is 23.6 Å². The summed E-state index contributed by atoms with van der Waals surface area (Å²) in [5.41, 5.74) is 6.20. The Labute approximate surface area is 201 Å². The monoisotopic (exact) mass is 481 g/mol. The molecule has 6 atom stereocenters. The van der Waals surface area contributed by atoms with Crippen molar-refractivity contribution in [2.45, 2.75) is 83.2 Å². The van der Waals surface area contributed by atoms with Crippen LogP contribution in [0.1, 0.15) is 52.9 Å². The number of ketones is 2. The molecule has 192 valence electrons. The fourth-order valence-corrected chi connectivity index (χ4v) is 5.14. The molecule has 0 aliphatic carbocycles. The molecule has 3 heterocycles. The molecule has 10 nitrogen and oxygen atoms in total. The summed E-state index contributed by atoms with van der Waals surface area (Å²) in [6, 6.07) is -2.11. The van der Waals surface area contributed by atoms with Crippen LogP contribution < -0.4 is 5.73 Å². The van der Waals surface area contributed by atoms with Gasteiger partial charge < -0.3 is 29.7 Å². The number of ether oxygens (including phenoxy) is 3. The summed E-state index contributed by atoms with van der Waals surface area (Å²) in [5, 5.41) is 0. The maximum atomic E-state index is 13.5. The third-order valence-electron chi connectivity index (χ3n) is 7.25. The van der Waals surface area contributed by atoms with E-state index in [4.69, 9.17) is 19.9 Å². The van der Waals surface area contributed by atoms with Gasteiger partial charge in [0.1, 0.15) is 17.9 Å². The first-order chi connectivity index (χ1) is 16.2. The van der Waals surface area contributed by atoms with Crippen LogP contribution in [0, 0.1) is 5.92 Å². The fourth-order valence-electron chi connectivity index (χ4n) is 5.14.